The molecule has 1 atom stereocenters. The van der Waals surface area contributed by atoms with Crippen LogP contribution < -0.4 is 5.32 Å². The average Bonchev–Trinajstić information content (AvgIpc) is 2.34. The normalized spacial score (nSPS) is 12.9. The van der Waals surface area contributed by atoms with Gasteiger partial charge in [-0.25, -0.2) is 0 Å². The quantitative estimate of drug-likeness (QED) is 0.510. The van der Waals surface area contributed by atoms with E-state index in [-0.39, 0.29) is 0 Å². The summed E-state index contributed by atoms with van der Waals surface area (Å²) in [6, 6.07) is 0.557. The molecule has 0 saturated carbocycles. The molecular weight excluding hydrogens is 238 g/mol. The van der Waals surface area contributed by atoms with Gasteiger partial charge in [0.2, 0.25) is 0 Å². The van der Waals surface area contributed by atoms with E-state index in [1.165, 1.54) is 5.75 Å². The van der Waals surface area contributed by atoms with Crippen LogP contribution in [0, 0.1) is 0 Å². The van der Waals surface area contributed by atoms with Gasteiger partial charge in [-0.1, -0.05) is 6.92 Å². The molecule has 0 aliphatic heterocycles. The summed E-state index contributed by atoms with van der Waals surface area (Å²) in [4.78, 5) is 0. The van der Waals surface area contributed by atoms with Crippen LogP contribution in [0.15, 0.2) is 0 Å². The molecule has 0 radical (unpaired) electrons. The molecule has 0 amide bonds. The molecular formula is C12H27NO3S. The fraction of sp³-hybridized carbons (Fsp3) is 1.00. The molecule has 0 aromatic heterocycles. The molecule has 1 unspecified atom stereocenters. The smallest absolute Gasteiger partial charge is 0.0701 e. The van der Waals surface area contributed by atoms with Crippen molar-refractivity contribution >= 4 is 11.8 Å². The molecule has 0 rings (SSSR count). The molecule has 0 heterocycles. The second kappa shape index (κ2) is 14.3. The molecule has 104 valence electrons. The molecule has 4 nitrogen and oxygen atoms in total. The number of hydrogen-bond acceptors (Lipinski definition) is 5. The Morgan fingerprint density at radius 2 is 1.71 bits per heavy atom. The van der Waals surface area contributed by atoms with E-state index >= 15 is 0 Å². The van der Waals surface area contributed by atoms with Crippen molar-refractivity contribution in [3.63, 3.8) is 0 Å². The highest BCUT2D eigenvalue weighted by Crippen LogP contribution is 2.00. The van der Waals surface area contributed by atoms with E-state index < -0.39 is 0 Å². The van der Waals surface area contributed by atoms with Gasteiger partial charge in [-0.05, 0) is 12.7 Å². The van der Waals surface area contributed by atoms with Gasteiger partial charge in [0.1, 0.15) is 0 Å². The molecule has 0 spiro atoms. The van der Waals surface area contributed by atoms with Gasteiger partial charge >= 0.3 is 0 Å². The van der Waals surface area contributed by atoms with E-state index in [0.29, 0.717) is 32.5 Å². The van der Waals surface area contributed by atoms with Crippen LogP contribution in [-0.4, -0.2) is 64.2 Å². The summed E-state index contributed by atoms with van der Waals surface area (Å²) >= 11 is 1.96. The van der Waals surface area contributed by atoms with Crippen LogP contribution in [0.3, 0.4) is 0 Å². The van der Waals surface area contributed by atoms with Crippen LogP contribution in [0.1, 0.15) is 13.8 Å². The third kappa shape index (κ3) is 14.1. The van der Waals surface area contributed by atoms with Crippen molar-refractivity contribution in [2.45, 2.75) is 19.9 Å². The van der Waals surface area contributed by atoms with E-state index in [1.54, 1.807) is 7.11 Å². The topological polar surface area (TPSA) is 39.7 Å². The summed E-state index contributed by atoms with van der Waals surface area (Å²) in [5.74, 6) is 2.35. The number of methoxy groups -OCH3 is 1. The van der Waals surface area contributed by atoms with Gasteiger partial charge < -0.3 is 19.5 Å². The molecule has 0 fully saturated rings. The van der Waals surface area contributed by atoms with Crippen LogP contribution >= 0.6 is 11.8 Å². The van der Waals surface area contributed by atoms with Crippen molar-refractivity contribution < 1.29 is 14.2 Å². The lowest BCUT2D eigenvalue weighted by molar-refractivity contribution is 0.0254. The van der Waals surface area contributed by atoms with Crippen LogP contribution in [0.5, 0.6) is 0 Å². The average molecular weight is 265 g/mol. The summed E-state index contributed by atoms with van der Waals surface area (Å²) in [5.41, 5.74) is 0. The standard InChI is InChI=1S/C12H27NO3S/c1-4-17-11-12(2)13-5-6-15-9-10-16-8-7-14-3/h12-13H,4-11H2,1-3H3. The Balaban J connectivity index is 3.02. The Kier molecular flexibility index (Phi) is 14.4. The lowest BCUT2D eigenvalue weighted by atomic mass is 10.4. The van der Waals surface area contributed by atoms with Gasteiger partial charge in [-0.2, -0.15) is 11.8 Å². The summed E-state index contributed by atoms with van der Waals surface area (Å²) in [6.07, 6.45) is 0. The first kappa shape index (κ1) is 17.2. The first-order valence-corrected chi connectivity index (χ1v) is 7.42. The third-order valence-electron chi connectivity index (χ3n) is 2.11. The molecule has 0 saturated heterocycles. The predicted octanol–water partition coefficient (Wildman–Crippen LogP) is 1.40. The van der Waals surface area contributed by atoms with Crippen LogP contribution in [0.4, 0.5) is 0 Å². The first-order chi connectivity index (χ1) is 8.31. The largest absolute Gasteiger partial charge is 0.382 e. The molecule has 0 aliphatic rings. The van der Waals surface area contributed by atoms with E-state index in [0.717, 1.165) is 18.9 Å². The Morgan fingerprint density at radius 3 is 2.35 bits per heavy atom. The Labute approximate surface area is 110 Å². The Morgan fingerprint density at radius 1 is 1.06 bits per heavy atom. The SMILES string of the molecule is CCSCC(C)NCCOCCOCCOC. The Hall–Kier alpha value is 0.190. The van der Waals surface area contributed by atoms with E-state index in [1.807, 2.05) is 11.8 Å². The van der Waals surface area contributed by atoms with E-state index in [2.05, 4.69) is 19.2 Å². The maximum absolute atomic E-state index is 5.43. The summed E-state index contributed by atoms with van der Waals surface area (Å²) < 4.78 is 15.6. The molecule has 0 bridgehead atoms. The van der Waals surface area contributed by atoms with Crippen molar-refractivity contribution in [2.75, 3.05) is 58.2 Å². The number of nitrogens with one attached hydrogen (secondary N) is 1. The molecule has 5 heteroatoms. The zero-order valence-corrected chi connectivity index (χ0v) is 12.2. The minimum atomic E-state index is 0.557. The highest BCUT2D eigenvalue weighted by molar-refractivity contribution is 7.99. The minimum absolute atomic E-state index is 0.557. The van der Waals surface area contributed by atoms with E-state index in [9.17, 15) is 0 Å². The number of hydrogen-bond donors (Lipinski definition) is 1. The summed E-state index contributed by atoms with van der Waals surface area (Å²) in [5, 5.41) is 3.42. The zero-order chi connectivity index (χ0) is 12.8. The van der Waals surface area contributed by atoms with Crippen molar-refractivity contribution in [1.82, 2.24) is 5.32 Å². The second-order valence-corrected chi connectivity index (χ2v) is 5.05. The fourth-order valence-electron chi connectivity index (χ4n) is 1.20. The fourth-order valence-corrected chi connectivity index (χ4v) is 1.90. The van der Waals surface area contributed by atoms with E-state index in [4.69, 9.17) is 14.2 Å². The van der Waals surface area contributed by atoms with Gasteiger partial charge in [0.25, 0.3) is 0 Å². The van der Waals surface area contributed by atoms with Gasteiger partial charge in [-0.3, -0.25) is 0 Å². The molecule has 0 aromatic carbocycles. The van der Waals surface area contributed by atoms with Gasteiger partial charge in [0.15, 0.2) is 0 Å². The van der Waals surface area contributed by atoms with Crippen LogP contribution in [0.2, 0.25) is 0 Å². The number of rotatable bonds is 13. The van der Waals surface area contributed by atoms with Crippen LogP contribution in [-0.2, 0) is 14.2 Å². The van der Waals surface area contributed by atoms with Crippen molar-refractivity contribution in [3.05, 3.63) is 0 Å². The zero-order valence-electron chi connectivity index (χ0n) is 11.4. The van der Waals surface area contributed by atoms with Crippen molar-refractivity contribution in [2.24, 2.45) is 0 Å². The predicted molar refractivity (Wildman–Crippen MR) is 74.0 cm³/mol. The minimum Gasteiger partial charge on any atom is -0.382 e. The molecule has 17 heavy (non-hydrogen) atoms. The van der Waals surface area contributed by atoms with Gasteiger partial charge in [0, 0.05) is 25.4 Å². The maximum Gasteiger partial charge on any atom is 0.0701 e. The molecule has 1 N–H and O–H groups in total. The van der Waals surface area contributed by atoms with Crippen molar-refractivity contribution in [3.8, 4) is 0 Å². The van der Waals surface area contributed by atoms with Crippen molar-refractivity contribution in [1.29, 1.82) is 0 Å². The summed E-state index contributed by atoms with van der Waals surface area (Å²) in [6.45, 7) is 8.63. The Bertz CT molecular complexity index is 150. The maximum atomic E-state index is 5.43. The lowest BCUT2D eigenvalue weighted by Crippen LogP contribution is -2.31. The first-order valence-electron chi connectivity index (χ1n) is 6.26. The second-order valence-electron chi connectivity index (χ2n) is 3.73. The third-order valence-corrected chi connectivity index (χ3v) is 3.26. The monoisotopic (exact) mass is 265 g/mol. The molecule has 0 aromatic rings. The number of ether oxygens (including phenoxy) is 3. The van der Waals surface area contributed by atoms with Gasteiger partial charge in [-0.15, -0.1) is 0 Å². The summed E-state index contributed by atoms with van der Waals surface area (Å²) in [7, 11) is 1.67. The highest BCUT2D eigenvalue weighted by Gasteiger charge is 1.99. The van der Waals surface area contributed by atoms with Crippen LogP contribution in [0.25, 0.3) is 0 Å². The lowest BCUT2D eigenvalue weighted by Gasteiger charge is -2.13. The highest BCUT2D eigenvalue weighted by atomic mass is 32.2. The molecule has 0 aliphatic carbocycles. The number of thioether (sulfide) groups is 1. The van der Waals surface area contributed by atoms with Gasteiger partial charge in [0.05, 0.1) is 33.0 Å².